The van der Waals surface area contributed by atoms with Crippen LogP contribution in [0.25, 0.3) is 0 Å². The number of urea groups is 1. The number of alkyl halides is 5. The molecule has 23 heavy (non-hydrogen) atoms. The van der Waals surface area contributed by atoms with Crippen LogP contribution in [0, 0.1) is 5.92 Å². The second-order valence-corrected chi connectivity index (χ2v) is 6.13. The molecule has 0 bridgehead atoms. The molecule has 2 rings (SSSR count). The highest BCUT2D eigenvalue weighted by Crippen LogP contribution is 2.40. The fourth-order valence-corrected chi connectivity index (χ4v) is 2.66. The minimum absolute atomic E-state index is 0. The zero-order valence-electron chi connectivity index (χ0n) is 11.7. The van der Waals surface area contributed by atoms with Crippen molar-refractivity contribution in [3.8, 4) is 0 Å². The maximum atomic E-state index is 12.3. The number of thioether (sulfide) groups is 1. The summed E-state index contributed by atoms with van der Waals surface area (Å²) in [7, 11) is 0. The van der Waals surface area contributed by atoms with Crippen LogP contribution in [0.5, 0.6) is 0 Å². The highest BCUT2D eigenvalue weighted by Gasteiger charge is 2.48. The number of pyridine rings is 1. The molecule has 4 nitrogen and oxygen atoms in total. The van der Waals surface area contributed by atoms with Gasteiger partial charge >= 0.3 is 12.2 Å². The van der Waals surface area contributed by atoms with Crippen molar-refractivity contribution in [3.63, 3.8) is 0 Å². The minimum atomic E-state index is -4.22. The van der Waals surface area contributed by atoms with E-state index in [-0.39, 0.29) is 27.3 Å². The van der Waals surface area contributed by atoms with Gasteiger partial charge in [-0.25, -0.2) is 9.78 Å². The van der Waals surface area contributed by atoms with Gasteiger partial charge < -0.3 is 10.6 Å². The fraction of sp³-hybridized carbons (Fsp3) is 0.538. The molecule has 1 aromatic heterocycles. The lowest BCUT2D eigenvalue weighted by molar-refractivity contribution is -0.198. The van der Waals surface area contributed by atoms with Crippen molar-refractivity contribution in [1.82, 2.24) is 15.6 Å². The molecule has 0 aliphatic heterocycles. The lowest BCUT2D eigenvalue weighted by Gasteiger charge is -2.36. The van der Waals surface area contributed by atoms with Crippen molar-refractivity contribution in [3.05, 3.63) is 23.9 Å². The number of halogens is 5. The molecule has 1 aliphatic carbocycles. The Balaban J connectivity index is 0.00000288. The normalized spacial score (nSPS) is 21.0. The van der Waals surface area contributed by atoms with Gasteiger partial charge in [0.15, 0.2) is 0 Å². The lowest BCUT2D eigenvalue weighted by Crippen LogP contribution is -2.51. The molecule has 2 N–H and O–H groups in total. The Morgan fingerprint density at radius 1 is 1.43 bits per heavy atom. The van der Waals surface area contributed by atoms with Crippen molar-refractivity contribution in [2.45, 2.75) is 42.4 Å². The fourth-order valence-electron chi connectivity index (χ4n) is 2.14. The number of rotatable bonds is 5. The summed E-state index contributed by atoms with van der Waals surface area (Å²) in [5.41, 5.74) is 0.570. The summed E-state index contributed by atoms with van der Waals surface area (Å²) in [4.78, 5) is 15.4. The van der Waals surface area contributed by atoms with Crippen molar-refractivity contribution < 1.29 is 29.6 Å². The molecule has 1 saturated carbocycles. The SMILES string of the molecule is O=C(NCc1ccnc(SC(F)F)c1)NC1CC(C(F)(F)F)C1.[HH].[HH]. The van der Waals surface area contributed by atoms with Gasteiger partial charge in [-0.05, 0) is 42.3 Å². The summed E-state index contributed by atoms with van der Waals surface area (Å²) in [6.45, 7) is 0.0700. The zero-order chi connectivity index (χ0) is 17.0. The molecule has 2 amide bonds. The van der Waals surface area contributed by atoms with Crippen LogP contribution in [-0.2, 0) is 6.54 Å². The second-order valence-electron chi connectivity index (χ2n) is 5.11. The third-order valence-corrected chi connectivity index (χ3v) is 4.04. The van der Waals surface area contributed by atoms with Gasteiger partial charge in [0.05, 0.1) is 5.92 Å². The Morgan fingerprint density at radius 3 is 2.74 bits per heavy atom. The third-order valence-electron chi connectivity index (χ3n) is 3.40. The largest absolute Gasteiger partial charge is 0.391 e. The van der Waals surface area contributed by atoms with Crippen LogP contribution in [0.2, 0.25) is 0 Å². The maximum Gasteiger partial charge on any atom is 0.391 e. The van der Waals surface area contributed by atoms with E-state index in [1.54, 1.807) is 6.07 Å². The molecule has 1 fully saturated rings. The first-order chi connectivity index (χ1) is 10.7. The van der Waals surface area contributed by atoms with Gasteiger partial charge in [0.25, 0.3) is 5.76 Å². The van der Waals surface area contributed by atoms with E-state index in [4.69, 9.17) is 0 Å². The van der Waals surface area contributed by atoms with Crippen LogP contribution < -0.4 is 10.6 Å². The summed E-state index contributed by atoms with van der Waals surface area (Å²) >= 11 is 0.293. The predicted molar refractivity (Wildman–Crippen MR) is 78.3 cm³/mol. The van der Waals surface area contributed by atoms with E-state index in [2.05, 4.69) is 15.6 Å². The van der Waals surface area contributed by atoms with Gasteiger partial charge in [-0.2, -0.15) is 22.0 Å². The third kappa shape index (κ3) is 5.52. The average Bonchev–Trinajstić information content (AvgIpc) is 2.38. The molecule has 10 heteroatoms. The van der Waals surface area contributed by atoms with E-state index in [1.807, 2.05) is 0 Å². The maximum absolute atomic E-state index is 12.3. The quantitative estimate of drug-likeness (QED) is 0.617. The number of aromatic nitrogens is 1. The van der Waals surface area contributed by atoms with Gasteiger partial charge in [-0.3, -0.25) is 0 Å². The van der Waals surface area contributed by atoms with E-state index >= 15 is 0 Å². The van der Waals surface area contributed by atoms with E-state index in [0.717, 1.165) is 0 Å². The molecular formula is C13H18F5N3OS. The molecule has 132 valence electrons. The Morgan fingerprint density at radius 2 is 2.13 bits per heavy atom. The smallest absolute Gasteiger partial charge is 0.335 e. The van der Waals surface area contributed by atoms with Gasteiger partial charge in [0.2, 0.25) is 0 Å². The summed E-state index contributed by atoms with van der Waals surface area (Å²) in [5, 5.41) is 5.05. The molecule has 0 aromatic carbocycles. The standard InChI is InChI=1S/C13H14F5N3OS.2H2/c14-11(15)23-10-3-7(1-2-19-10)6-20-12(22)21-9-4-8(5-9)13(16,17)18;;/h1-3,8-9,11H,4-6H2,(H2,20,21,22);2*1H. The van der Waals surface area contributed by atoms with E-state index in [1.165, 1.54) is 12.3 Å². The van der Waals surface area contributed by atoms with Crippen molar-refractivity contribution in [2.75, 3.05) is 0 Å². The van der Waals surface area contributed by atoms with Gasteiger partial charge in [0, 0.05) is 21.6 Å². The zero-order valence-corrected chi connectivity index (χ0v) is 12.6. The van der Waals surface area contributed by atoms with Crippen molar-refractivity contribution in [2.24, 2.45) is 5.92 Å². The van der Waals surface area contributed by atoms with Gasteiger partial charge in [-0.15, -0.1) is 0 Å². The van der Waals surface area contributed by atoms with Crippen LogP contribution >= 0.6 is 11.8 Å². The number of amides is 2. The summed E-state index contributed by atoms with van der Waals surface area (Å²) in [6.07, 6.45) is -3.12. The first-order valence-corrected chi connectivity index (χ1v) is 7.63. The summed E-state index contributed by atoms with van der Waals surface area (Å²) < 4.78 is 61.4. The van der Waals surface area contributed by atoms with Crippen molar-refractivity contribution in [1.29, 1.82) is 0 Å². The Labute approximate surface area is 136 Å². The molecule has 1 heterocycles. The van der Waals surface area contributed by atoms with E-state index in [0.29, 0.717) is 17.3 Å². The Bertz CT molecular complexity index is 559. The molecule has 1 aromatic rings. The molecule has 0 spiro atoms. The molecule has 0 unspecified atom stereocenters. The van der Waals surface area contributed by atoms with E-state index < -0.39 is 29.9 Å². The van der Waals surface area contributed by atoms with Crippen molar-refractivity contribution >= 4 is 17.8 Å². The minimum Gasteiger partial charge on any atom is -0.335 e. The average molecular weight is 359 g/mol. The molecule has 0 atom stereocenters. The summed E-state index contributed by atoms with van der Waals surface area (Å²) in [5.74, 6) is -3.95. The van der Waals surface area contributed by atoms with Gasteiger partial charge in [-0.1, -0.05) is 0 Å². The number of carbonyl (C=O) groups is 1. The van der Waals surface area contributed by atoms with Crippen LogP contribution in [0.15, 0.2) is 23.4 Å². The number of hydrogen-bond acceptors (Lipinski definition) is 3. The highest BCUT2D eigenvalue weighted by atomic mass is 32.2. The first kappa shape index (κ1) is 17.8. The summed E-state index contributed by atoms with van der Waals surface area (Å²) in [6, 6.07) is 1.89. The topological polar surface area (TPSA) is 54.0 Å². The van der Waals surface area contributed by atoms with Gasteiger partial charge in [0.1, 0.15) is 5.03 Å². The Hall–Kier alpha value is -1.58. The molecular weight excluding hydrogens is 341 g/mol. The number of nitrogens with one attached hydrogen (secondary N) is 2. The van der Waals surface area contributed by atoms with E-state index in [9.17, 15) is 26.7 Å². The predicted octanol–water partition coefficient (Wildman–Crippen LogP) is 4.03. The molecule has 0 radical (unpaired) electrons. The molecule has 0 saturated heterocycles. The Kier molecular flexibility index (Phi) is 5.66. The number of nitrogens with zero attached hydrogens (tertiary/aromatic N) is 1. The second kappa shape index (κ2) is 7.33. The van der Waals surface area contributed by atoms with Crippen LogP contribution in [0.4, 0.5) is 26.7 Å². The van der Waals surface area contributed by atoms with Crippen LogP contribution in [0.1, 0.15) is 21.3 Å². The highest BCUT2D eigenvalue weighted by molar-refractivity contribution is 7.99. The first-order valence-electron chi connectivity index (χ1n) is 6.75. The van der Waals surface area contributed by atoms with Crippen LogP contribution in [-0.4, -0.2) is 29.0 Å². The molecule has 1 aliphatic rings. The number of carbonyl (C=O) groups excluding carboxylic acids is 1. The lowest BCUT2D eigenvalue weighted by atomic mass is 9.80. The van der Waals surface area contributed by atoms with Crippen LogP contribution in [0.3, 0.4) is 0 Å². The monoisotopic (exact) mass is 359 g/mol. The number of hydrogen-bond donors (Lipinski definition) is 2.